The summed E-state index contributed by atoms with van der Waals surface area (Å²) in [5.41, 5.74) is 1.71. The van der Waals surface area contributed by atoms with Crippen LogP contribution < -0.4 is 25.2 Å². The Labute approximate surface area is 241 Å². The molecule has 41 heavy (non-hydrogen) atoms. The van der Waals surface area contributed by atoms with E-state index in [1.807, 2.05) is 19.2 Å². The van der Waals surface area contributed by atoms with Crippen LogP contribution in [0.3, 0.4) is 0 Å². The van der Waals surface area contributed by atoms with Crippen molar-refractivity contribution in [2.75, 3.05) is 55.5 Å². The Kier molecular flexibility index (Phi) is 6.76. The van der Waals surface area contributed by atoms with Crippen LogP contribution in [0.15, 0.2) is 24.4 Å². The molecule has 218 valence electrons. The van der Waals surface area contributed by atoms with Crippen molar-refractivity contribution in [3.8, 4) is 5.75 Å². The summed E-state index contributed by atoms with van der Waals surface area (Å²) >= 11 is 0. The van der Waals surface area contributed by atoms with E-state index in [1.165, 1.54) is 12.8 Å². The summed E-state index contributed by atoms with van der Waals surface area (Å²) in [6.07, 6.45) is 11.7. The van der Waals surface area contributed by atoms with E-state index in [0.29, 0.717) is 34.9 Å². The van der Waals surface area contributed by atoms with Crippen LogP contribution >= 0.6 is 0 Å². The molecule has 2 amide bonds. The number of nitrogens with zero attached hydrogens (tertiary/aromatic N) is 5. The van der Waals surface area contributed by atoms with Gasteiger partial charge in [-0.05, 0) is 75.7 Å². The minimum absolute atomic E-state index is 0.0697. The molecule has 2 aromatic rings. The molecule has 3 saturated heterocycles. The molecule has 1 unspecified atom stereocenters. The highest BCUT2D eigenvalue weighted by molar-refractivity contribution is 6.02. The van der Waals surface area contributed by atoms with Gasteiger partial charge >= 0.3 is 0 Å². The number of aromatic nitrogens is 2. The average Bonchev–Trinajstić information content (AvgIpc) is 3.49. The summed E-state index contributed by atoms with van der Waals surface area (Å²) in [6.45, 7) is 3.93. The third-order valence-corrected chi connectivity index (χ3v) is 10.4. The second kappa shape index (κ2) is 10.5. The van der Waals surface area contributed by atoms with Crippen molar-refractivity contribution in [1.82, 2.24) is 20.2 Å². The molecule has 1 aromatic carbocycles. The lowest BCUT2D eigenvalue weighted by Gasteiger charge is -2.44. The molecule has 10 nitrogen and oxygen atoms in total. The van der Waals surface area contributed by atoms with Crippen molar-refractivity contribution in [2.45, 2.75) is 69.9 Å². The number of nitrogens with one attached hydrogen (secondary N) is 2. The Hall–Kier alpha value is -3.40. The van der Waals surface area contributed by atoms with Crippen molar-refractivity contribution < 1.29 is 14.3 Å². The van der Waals surface area contributed by atoms with Gasteiger partial charge in [-0.15, -0.1) is 0 Å². The molecular weight excluding hydrogens is 518 g/mol. The molecule has 1 spiro atoms. The monoisotopic (exact) mass is 559 g/mol. The topological polar surface area (TPSA) is 103 Å². The summed E-state index contributed by atoms with van der Waals surface area (Å²) in [7, 11) is 3.46. The summed E-state index contributed by atoms with van der Waals surface area (Å²) in [5.74, 6) is 2.50. The number of ether oxygens (including phenoxy) is 1. The van der Waals surface area contributed by atoms with Crippen molar-refractivity contribution in [3.63, 3.8) is 0 Å². The zero-order chi connectivity index (χ0) is 28.1. The largest absolute Gasteiger partial charge is 0.495 e. The summed E-state index contributed by atoms with van der Waals surface area (Å²) in [4.78, 5) is 42.9. The van der Waals surface area contributed by atoms with Crippen LogP contribution in [-0.2, 0) is 4.79 Å². The Bertz CT molecular complexity index is 1330. The van der Waals surface area contributed by atoms with E-state index in [0.717, 1.165) is 82.6 Å². The number of benzene rings is 1. The average molecular weight is 560 g/mol. The third kappa shape index (κ3) is 4.70. The minimum atomic E-state index is -0.320. The number of carbonyl (C=O) groups excluding carboxylic acids is 2. The number of methoxy groups -OCH3 is 1. The van der Waals surface area contributed by atoms with E-state index >= 15 is 0 Å². The fourth-order valence-electron chi connectivity index (χ4n) is 7.74. The molecule has 4 aliphatic heterocycles. The smallest absolute Gasteiger partial charge is 0.251 e. The fourth-order valence-corrected chi connectivity index (χ4v) is 7.74. The predicted molar refractivity (Wildman–Crippen MR) is 158 cm³/mol. The van der Waals surface area contributed by atoms with Crippen LogP contribution in [0.25, 0.3) is 0 Å². The van der Waals surface area contributed by atoms with Crippen molar-refractivity contribution >= 4 is 35.0 Å². The number of carbonyl (C=O) groups is 2. The molecule has 5 heterocycles. The Balaban J connectivity index is 1.14. The highest BCUT2D eigenvalue weighted by Crippen LogP contribution is 2.49. The number of anilines is 4. The van der Waals surface area contributed by atoms with Gasteiger partial charge < -0.3 is 30.1 Å². The van der Waals surface area contributed by atoms with E-state index in [4.69, 9.17) is 9.72 Å². The molecule has 6 aliphatic rings. The molecule has 2 saturated carbocycles. The van der Waals surface area contributed by atoms with Crippen LogP contribution in [0.1, 0.15) is 68.1 Å². The standard InChI is InChI=1S/C31H41N7O3/c1-36-25-17-32-30(35-27(25)38(22-6-3-4-7-22)19-31(29(36)40)12-5-13-31)34-23-9-8-21(16-26(23)41-2)28(39)33-24-18-37-14-10-20(24)11-15-37/h8-9,16-17,20,22,24H,3-7,10-15,18-19H2,1-2H3,(H,33,39)(H,32,34,35). The molecule has 1 atom stereocenters. The fraction of sp³-hybridized carbons (Fsp3) is 0.613. The lowest BCUT2D eigenvalue weighted by atomic mass is 9.67. The zero-order valence-corrected chi connectivity index (χ0v) is 24.2. The number of hydrogen-bond acceptors (Lipinski definition) is 8. The van der Waals surface area contributed by atoms with Crippen molar-refractivity contribution in [1.29, 1.82) is 0 Å². The first-order valence-corrected chi connectivity index (χ1v) is 15.3. The lowest BCUT2D eigenvalue weighted by Crippen LogP contribution is -2.57. The number of rotatable bonds is 6. The van der Waals surface area contributed by atoms with Crippen LogP contribution in [-0.4, -0.2) is 79.1 Å². The molecule has 2 aliphatic carbocycles. The highest BCUT2D eigenvalue weighted by atomic mass is 16.5. The first-order chi connectivity index (χ1) is 19.9. The first kappa shape index (κ1) is 26.5. The molecule has 0 radical (unpaired) electrons. The quantitative estimate of drug-likeness (QED) is 0.549. The van der Waals surface area contributed by atoms with Gasteiger partial charge in [0.05, 0.1) is 24.4 Å². The maximum Gasteiger partial charge on any atom is 0.251 e. The van der Waals surface area contributed by atoms with Gasteiger partial charge in [0.15, 0.2) is 5.82 Å². The molecule has 10 heteroatoms. The van der Waals surface area contributed by atoms with Crippen LogP contribution in [0.5, 0.6) is 5.75 Å². The third-order valence-electron chi connectivity index (χ3n) is 10.4. The SMILES string of the molecule is COc1cc(C(=O)NC2CN3CCC2CC3)ccc1Nc1ncc2c(n1)N(C1CCCC1)CC1(CCC1)C(=O)N2C. The lowest BCUT2D eigenvalue weighted by molar-refractivity contribution is -0.131. The normalized spacial score (nSPS) is 26.9. The second-order valence-corrected chi connectivity index (χ2v) is 12.7. The van der Waals surface area contributed by atoms with E-state index in [1.54, 1.807) is 24.3 Å². The number of fused-ring (bicyclic) bond motifs is 4. The van der Waals surface area contributed by atoms with E-state index < -0.39 is 0 Å². The Morgan fingerprint density at radius 1 is 1.10 bits per heavy atom. The molecule has 1 aromatic heterocycles. The van der Waals surface area contributed by atoms with E-state index in [-0.39, 0.29) is 23.3 Å². The molecule has 8 rings (SSSR count). The van der Waals surface area contributed by atoms with E-state index in [9.17, 15) is 9.59 Å². The Morgan fingerprint density at radius 2 is 1.88 bits per heavy atom. The van der Waals surface area contributed by atoms with Gasteiger partial charge in [-0.25, -0.2) is 4.98 Å². The van der Waals surface area contributed by atoms with E-state index in [2.05, 4.69) is 25.4 Å². The van der Waals surface area contributed by atoms with Gasteiger partial charge in [-0.1, -0.05) is 19.3 Å². The zero-order valence-electron chi connectivity index (χ0n) is 24.2. The van der Waals surface area contributed by atoms with Crippen LogP contribution in [0.4, 0.5) is 23.1 Å². The molecule has 2 bridgehead atoms. The van der Waals surface area contributed by atoms with Crippen LogP contribution in [0, 0.1) is 11.3 Å². The first-order valence-electron chi connectivity index (χ1n) is 15.3. The maximum atomic E-state index is 13.6. The predicted octanol–water partition coefficient (Wildman–Crippen LogP) is 3.95. The van der Waals surface area contributed by atoms with Gasteiger partial charge in [-0.3, -0.25) is 9.59 Å². The Morgan fingerprint density at radius 3 is 2.54 bits per heavy atom. The number of hydrogen-bond donors (Lipinski definition) is 2. The minimum Gasteiger partial charge on any atom is -0.495 e. The second-order valence-electron chi connectivity index (χ2n) is 12.7. The van der Waals surface area contributed by atoms with Gasteiger partial charge in [0, 0.05) is 37.8 Å². The molecular formula is C31H41N7O3. The van der Waals surface area contributed by atoms with Crippen LogP contribution in [0.2, 0.25) is 0 Å². The van der Waals surface area contributed by atoms with Gasteiger partial charge in [0.1, 0.15) is 11.4 Å². The summed E-state index contributed by atoms with van der Waals surface area (Å²) in [5, 5.41) is 6.60. The molecule has 2 N–H and O–H groups in total. The van der Waals surface area contributed by atoms with Crippen molar-refractivity contribution in [3.05, 3.63) is 30.0 Å². The highest BCUT2D eigenvalue weighted by Gasteiger charge is 2.51. The maximum absolute atomic E-state index is 13.6. The molecule has 5 fully saturated rings. The van der Waals surface area contributed by atoms with Gasteiger partial charge in [-0.2, -0.15) is 4.98 Å². The number of piperidine rings is 3. The van der Waals surface area contributed by atoms with Gasteiger partial charge in [0.2, 0.25) is 11.9 Å². The summed E-state index contributed by atoms with van der Waals surface area (Å²) in [6, 6.07) is 6.04. The number of amides is 2. The van der Waals surface area contributed by atoms with Crippen molar-refractivity contribution in [2.24, 2.45) is 11.3 Å². The summed E-state index contributed by atoms with van der Waals surface area (Å²) < 4.78 is 5.69. The van der Waals surface area contributed by atoms with Gasteiger partial charge in [0.25, 0.3) is 5.91 Å².